The van der Waals surface area contributed by atoms with Gasteiger partial charge in [-0.25, -0.2) is 18.4 Å². The first-order chi connectivity index (χ1) is 12.8. The Kier molecular flexibility index (Phi) is 4.52. The Morgan fingerprint density at radius 3 is 2.59 bits per heavy atom. The van der Waals surface area contributed by atoms with E-state index in [-0.39, 0.29) is 16.2 Å². The van der Waals surface area contributed by atoms with Crippen molar-refractivity contribution >= 4 is 32.9 Å². The van der Waals surface area contributed by atoms with E-state index < -0.39 is 14.6 Å². The molecule has 0 radical (unpaired) electrons. The Bertz CT molecular complexity index is 961. The van der Waals surface area contributed by atoms with Gasteiger partial charge in [-0.3, -0.25) is 0 Å². The number of anilines is 2. The maximum atomic E-state index is 13.3. The molecule has 2 N–H and O–H groups in total. The molecule has 0 unspecified atom stereocenters. The fourth-order valence-corrected chi connectivity index (χ4v) is 5.65. The summed E-state index contributed by atoms with van der Waals surface area (Å²) >= 11 is 6.18. The van der Waals surface area contributed by atoms with Crippen molar-refractivity contribution in [1.29, 1.82) is 0 Å². The summed E-state index contributed by atoms with van der Waals surface area (Å²) < 4.78 is 31.0. The Balaban J connectivity index is 1.75. The van der Waals surface area contributed by atoms with Gasteiger partial charge in [-0.15, -0.1) is 0 Å². The molecule has 2 aliphatic rings. The second-order valence-corrected chi connectivity index (χ2v) is 9.66. The summed E-state index contributed by atoms with van der Waals surface area (Å²) in [6.45, 7) is 3.89. The van der Waals surface area contributed by atoms with Gasteiger partial charge in [0.05, 0.1) is 29.8 Å². The number of hydrogen-bond acceptors (Lipinski definition) is 7. The number of nitrogen functional groups attached to an aromatic ring is 1. The summed E-state index contributed by atoms with van der Waals surface area (Å²) in [5.41, 5.74) is 6.67. The van der Waals surface area contributed by atoms with Crippen molar-refractivity contribution in [2.75, 3.05) is 30.4 Å². The minimum absolute atomic E-state index is 0.0555. The molecule has 27 heavy (non-hydrogen) atoms. The SMILES string of the molecule is C[C@H]1COCCN1c1cc(C2(S(=O)(=O)c3ccc(N)cc3)CC2)nc(Cl)n1. The quantitative estimate of drug-likeness (QED) is 0.612. The number of rotatable bonds is 4. The number of ether oxygens (including phenoxy) is 1. The van der Waals surface area contributed by atoms with E-state index >= 15 is 0 Å². The number of nitrogens with two attached hydrogens (primary N) is 1. The monoisotopic (exact) mass is 408 g/mol. The van der Waals surface area contributed by atoms with Crippen LogP contribution in [0.25, 0.3) is 0 Å². The second kappa shape index (κ2) is 6.61. The smallest absolute Gasteiger partial charge is 0.224 e. The number of morpholine rings is 1. The predicted molar refractivity (Wildman–Crippen MR) is 104 cm³/mol. The van der Waals surface area contributed by atoms with Crippen LogP contribution in [0.2, 0.25) is 5.28 Å². The van der Waals surface area contributed by atoms with Crippen LogP contribution in [0.4, 0.5) is 11.5 Å². The lowest BCUT2D eigenvalue weighted by Gasteiger charge is -2.34. The largest absolute Gasteiger partial charge is 0.399 e. The van der Waals surface area contributed by atoms with E-state index in [1.165, 1.54) is 0 Å². The van der Waals surface area contributed by atoms with Crippen LogP contribution in [0.15, 0.2) is 35.2 Å². The first-order valence-electron chi connectivity index (χ1n) is 8.83. The van der Waals surface area contributed by atoms with Gasteiger partial charge >= 0.3 is 0 Å². The zero-order valence-corrected chi connectivity index (χ0v) is 16.5. The molecule has 1 saturated heterocycles. The van der Waals surface area contributed by atoms with Crippen LogP contribution in [0.5, 0.6) is 0 Å². The van der Waals surface area contributed by atoms with E-state index in [4.69, 9.17) is 22.1 Å². The van der Waals surface area contributed by atoms with Gasteiger partial charge in [0.1, 0.15) is 10.6 Å². The van der Waals surface area contributed by atoms with Crippen molar-refractivity contribution in [1.82, 2.24) is 9.97 Å². The topological polar surface area (TPSA) is 98.4 Å². The van der Waals surface area contributed by atoms with Crippen molar-refractivity contribution in [3.05, 3.63) is 41.3 Å². The van der Waals surface area contributed by atoms with Gasteiger partial charge in [0.25, 0.3) is 0 Å². The number of hydrogen-bond donors (Lipinski definition) is 1. The first kappa shape index (κ1) is 18.5. The predicted octanol–water partition coefficient (Wildman–Crippen LogP) is 2.40. The maximum Gasteiger partial charge on any atom is 0.224 e. The summed E-state index contributed by atoms with van der Waals surface area (Å²) in [5.74, 6) is 0.639. The highest BCUT2D eigenvalue weighted by Crippen LogP contribution is 2.55. The molecule has 144 valence electrons. The van der Waals surface area contributed by atoms with Crippen LogP contribution in [0.3, 0.4) is 0 Å². The van der Waals surface area contributed by atoms with E-state index in [0.29, 0.717) is 49.8 Å². The molecule has 9 heteroatoms. The highest BCUT2D eigenvalue weighted by molar-refractivity contribution is 7.92. The fraction of sp³-hybridized carbons (Fsp3) is 0.444. The van der Waals surface area contributed by atoms with Gasteiger partial charge in [-0.2, -0.15) is 0 Å². The van der Waals surface area contributed by atoms with Crippen LogP contribution >= 0.6 is 11.6 Å². The van der Waals surface area contributed by atoms with Crippen molar-refractivity contribution in [3.8, 4) is 0 Å². The Morgan fingerprint density at radius 1 is 1.26 bits per heavy atom. The molecule has 1 aromatic heterocycles. The molecule has 2 fully saturated rings. The molecule has 1 atom stereocenters. The average molecular weight is 409 g/mol. The summed E-state index contributed by atoms with van der Waals surface area (Å²) in [6.07, 6.45) is 1.01. The van der Waals surface area contributed by atoms with E-state index in [1.54, 1.807) is 30.3 Å². The molecule has 7 nitrogen and oxygen atoms in total. The van der Waals surface area contributed by atoms with Crippen LogP contribution in [0, 0.1) is 0 Å². The lowest BCUT2D eigenvalue weighted by molar-refractivity contribution is 0.0985. The third-order valence-corrected chi connectivity index (χ3v) is 7.93. The number of aromatic nitrogens is 2. The van der Waals surface area contributed by atoms with Gasteiger partial charge in [-0.05, 0) is 55.6 Å². The molecule has 0 amide bonds. The summed E-state index contributed by atoms with van der Waals surface area (Å²) in [6, 6.07) is 8.15. The summed E-state index contributed by atoms with van der Waals surface area (Å²) in [5, 5.41) is 0.0555. The lowest BCUT2D eigenvalue weighted by atomic mass is 10.2. The Labute approximate surface area is 163 Å². The van der Waals surface area contributed by atoms with Gasteiger partial charge in [0.15, 0.2) is 9.84 Å². The van der Waals surface area contributed by atoms with Gasteiger partial charge in [0, 0.05) is 18.3 Å². The van der Waals surface area contributed by atoms with Crippen molar-refractivity contribution in [2.45, 2.75) is 35.4 Å². The third kappa shape index (κ3) is 3.15. The van der Waals surface area contributed by atoms with E-state index in [9.17, 15) is 8.42 Å². The fourth-order valence-electron chi connectivity index (χ4n) is 3.50. The van der Waals surface area contributed by atoms with E-state index in [1.807, 2.05) is 6.92 Å². The molecule has 0 spiro atoms. The van der Waals surface area contributed by atoms with Crippen LogP contribution in [-0.4, -0.2) is 44.2 Å². The van der Waals surface area contributed by atoms with Crippen LogP contribution < -0.4 is 10.6 Å². The standard InChI is InChI=1S/C18H21ClN4O3S/c1-12-11-26-9-8-23(12)16-10-15(21-17(19)22-16)18(6-7-18)27(24,25)14-4-2-13(20)3-5-14/h2-5,10,12H,6-9,11,20H2,1H3/t12-/m0/s1. The van der Waals surface area contributed by atoms with E-state index in [2.05, 4.69) is 14.9 Å². The summed E-state index contributed by atoms with van der Waals surface area (Å²) in [4.78, 5) is 10.9. The number of nitrogens with zero attached hydrogens (tertiary/aromatic N) is 3. The maximum absolute atomic E-state index is 13.3. The first-order valence-corrected chi connectivity index (χ1v) is 10.7. The number of benzene rings is 1. The van der Waals surface area contributed by atoms with Gasteiger partial charge in [0.2, 0.25) is 5.28 Å². The van der Waals surface area contributed by atoms with Crippen LogP contribution in [-0.2, 0) is 19.3 Å². The number of halogens is 1. The van der Waals surface area contributed by atoms with Crippen molar-refractivity contribution in [2.24, 2.45) is 0 Å². The molecular formula is C18H21ClN4O3S. The van der Waals surface area contributed by atoms with Crippen LogP contribution in [0.1, 0.15) is 25.5 Å². The molecule has 0 bridgehead atoms. The summed E-state index contributed by atoms with van der Waals surface area (Å²) in [7, 11) is -3.62. The lowest BCUT2D eigenvalue weighted by Crippen LogP contribution is -2.44. The molecule has 1 saturated carbocycles. The number of sulfone groups is 1. The van der Waals surface area contributed by atoms with Crippen molar-refractivity contribution < 1.29 is 13.2 Å². The molecular weight excluding hydrogens is 388 g/mol. The zero-order chi connectivity index (χ0) is 19.2. The second-order valence-electron chi connectivity index (χ2n) is 7.06. The normalized spacial score (nSPS) is 21.9. The molecule has 1 aromatic carbocycles. The molecule has 2 aromatic rings. The highest BCUT2D eigenvalue weighted by atomic mass is 35.5. The average Bonchev–Trinajstić information content (AvgIpc) is 3.44. The minimum Gasteiger partial charge on any atom is -0.399 e. The Hall–Kier alpha value is -1.90. The zero-order valence-electron chi connectivity index (χ0n) is 14.9. The van der Waals surface area contributed by atoms with Gasteiger partial charge in [-0.1, -0.05) is 0 Å². The Morgan fingerprint density at radius 2 is 1.96 bits per heavy atom. The third-order valence-electron chi connectivity index (χ3n) is 5.22. The van der Waals surface area contributed by atoms with E-state index in [0.717, 1.165) is 0 Å². The molecule has 1 aliphatic carbocycles. The minimum atomic E-state index is -3.62. The highest BCUT2D eigenvalue weighted by Gasteiger charge is 2.58. The molecule has 2 heterocycles. The molecule has 1 aliphatic heterocycles. The van der Waals surface area contributed by atoms with Crippen molar-refractivity contribution in [3.63, 3.8) is 0 Å². The molecule has 4 rings (SSSR count). The van der Waals surface area contributed by atoms with Gasteiger partial charge < -0.3 is 15.4 Å².